The molecule has 0 amide bonds. The summed E-state index contributed by atoms with van der Waals surface area (Å²) in [6.45, 7) is 2.68. The quantitative estimate of drug-likeness (QED) is 0.688. The van der Waals surface area contributed by atoms with Crippen LogP contribution in [-0.2, 0) is 13.1 Å². The van der Waals surface area contributed by atoms with Gasteiger partial charge in [0.15, 0.2) is 0 Å². The van der Waals surface area contributed by atoms with Crippen molar-refractivity contribution in [2.45, 2.75) is 13.1 Å². The van der Waals surface area contributed by atoms with Crippen LogP contribution in [0.4, 0.5) is 0 Å². The van der Waals surface area contributed by atoms with E-state index in [9.17, 15) is 5.11 Å². The number of phenolic OH excluding ortho intramolecular Hbond substituents is 1. The van der Waals surface area contributed by atoms with Crippen molar-refractivity contribution >= 4 is 11.6 Å². The summed E-state index contributed by atoms with van der Waals surface area (Å²) in [6, 6.07) is 19.5. The molecule has 2 aliphatic heterocycles. The van der Waals surface area contributed by atoms with Crippen molar-refractivity contribution in [1.82, 2.24) is 4.90 Å². The predicted molar refractivity (Wildman–Crippen MR) is 116 cm³/mol. The Balaban J connectivity index is 1.36. The third kappa shape index (κ3) is 3.72. The van der Waals surface area contributed by atoms with Gasteiger partial charge in [0.2, 0.25) is 0 Å². The van der Waals surface area contributed by atoms with Gasteiger partial charge in [-0.25, -0.2) is 0 Å². The Hall–Kier alpha value is -3.44. The normalized spacial score (nSPS) is 15.3. The van der Waals surface area contributed by atoms with Gasteiger partial charge in [-0.05, 0) is 53.1 Å². The van der Waals surface area contributed by atoms with E-state index in [1.165, 1.54) is 5.56 Å². The molecule has 0 unspecified atom stereocenters. The second kappa shape index (κ2) is 7.76. The lowest BCUT2D eigenvalue weighted by molar-refractivity contribution is 0.0883. The lowest BCUT2D eigenvalue weighted by Gasteiger charge is -2.30. The highest BCUT2D eigenvalue weighted by Gasteiger charge is 2.22. The molecule has 0 radical (unpaired) electrons. The van der Waals surface area contributed by atoms with Crippen LogP contribution in [0.2, 0.25) is 0 Å². The zero-order valence-electron chi connectivity index (χ0n) is 16.8. The highest BCUT2D eigenvalue weighted by molar-refractivity contribution is 5.86. The van der Waals surface area contributed by atoms with E-state index < -0.39 is 0 Å². The average molecular weight is 401 g/mol. The van der Waals surface area contributed by atoms with Crippen molar-refractivity contribution in [1.29, 1.82) is 0 Å². The highest BCUT2D eigenvalue weighted by Crippen LogP contribution is 2.38. The minimum absolute atomic E-state index is 0.264. The molecule has 0 aromatic heterocycles. The monoisotopic (exact) mass is 401 g/mol. The van der Waals surface area contributed by atoms with Crippen LogP contribution >= 0.6 is 0 Å². The summed E-state index contributed by atoms with van der Waals surface area (Å²) in [7, 11) is 1.68. The number of hydrogen-bond donors (Lipinski definition) is 1. The fourth-order valence-electron chi connectivity index (χ4n) is 3.89. The fourth-order valence-corrected chi connectivity index (χ4v) is 3.89. The topological polar surface area (TPSA) is 51.2 Å². The van der Waals surface area contributed by atoms with E-state index in [-0.39, 0.29) is 5.75 Å². The van der Waals surface area contributed by atoms with Crippen molar-refractivity contribution in [2.75, 3.05) is 20.4 Å². The number of nitrogens with zero attached hydrogens (tertiary/aromatic N) is 1. The summed E-state index contributed by atoms with van der Waals surface area (Å²) in [4.78, 5) is 2.27. The molecule has 0 saturated carbocycles. The summed E-state index contributed by atoms with van der Waals surface area (Å²) < 4.78 is 17.2. The third-order valence-electron chi connectivity index (χ3n) is 5.51. The summed E-state index contributed by atoms with van der Waals surface area (Å²) >= 11 is 0. The smallest absolute Gasteiger partial charge is 0.142 e. The van der Waals surface area contributed by atoms with Gasteiger partial charge in [-0.15, -0.1) is 0 Å². The first kappa shape index (κ1) is 18.6. The average Bonchev–Trinajstić information content (AvgIpc) is 2.78. The molecule has 30 heavy (non-hydrogen) atoms. The maximum Gasteiger partial charge on any atom is 0.142 e. The number of phenols is 1. The molecule has 2 aliphatic rings. The van der Waals surface area contributed by atoms with Gasteiger partial charge in [0.05, 0.1) is 7.11 Å². The van der Waals surface area contributed by atoms with Crippen molar-refractivity contribution in [3.63, 3.8) is 0 Å². The molecule has 1 N–H and O–H groups in total. The second-order valence-corrected chi connectivity index (χ2v) is 7.61. The Bertz CT molecular complexity index is 1090. The Labute approximate surface area is 175 Å². The van der Waals surface area contributed by atoms with Crippen LogP contribution < -0.4 is 14.2 Å². The lowest BCUT2D eigenvalue weighted by atomic mass is 9.98. The Morgan fingerprint density at radius 3 is 2.53 bits per heavy atom. The molecule has 0 spiro atoms. The SMILES string of the molecule is COc1ccc(CN2COc3cc4c(cc3C2)C=C(c2ccc(O)cc2)CO4)cc1. The Morgan fingerprint density at radius 1 is 0.967 bits per heavy atom. The van der Waals surface area contributed by atoms with E-state index in [4.69, 9.17) is 14.2 Å². The third-order valence-corrected chi connectivity index (χ3v) is 5.51. The van der Waals surface area contributed by atoms with Gasteiger partial charge in [-0.3, -0.25) is 4.90 Å². The van der Waals surface area contributed by atoms with Gasteiger partial charge in [0.1, 0.15) is 36.3 Å². The molecule has 5 heteroatoms. The molecular weight excluding hydrogens is 378 g/mol. The predicted octanol–water partition coefficient (Wildman–Crippen LogP) is 4.69. The van der Waals surface area contributed by atoms with Gasteiger partial charge in [0.25, 0.3) is 0 Å². The number of fused-ring (bicyclic) bond motifs is 2. The molecule has 3 aromatic carbocycles. The van der Waals surface area contributed by atoms with Crippen LogP contribution in [0.25, 0.3) is 11.6 Å². The summed E-state index contributed by atoms with van der Waals surface area (Å²) in [5.41, 5.74) is 5.57. The number of benzene rings is 3. The van der Waals surface area contributed by atoms with Crippen molar-refractivity contribution in [3.05, 3.63) is 82.9 Å². The van der Waals surface area contributed by atoms with Crippen molar-refractivity contribution in [3.8, 4) is 23.0 Å². The van der Waals surface area contributed by atoms with E-state index in [2.05, 4.69) is 29.2 Å². The van der Waals surface area contributed by atoms with E-state index in [1.807, 2.05) is 30.3 Å². The molecule has 5 rings (SSSR count). The fraction of sp³-hybridized carbons (Fsp3) is 0.200. The number of hydrogen-bond acceptors (Lipinski definition) is 5. The molecule has 152 valence electrons. The summed E-state index contributed by atoms with van der Waals surface area (Å²) in [6.07, 6.45) is 2.16. The van der Waals surface area contributed by atoms with Crippen LogP contribution in [0.5, 0.6) is 23.0 Å². The number of rotatable bonds is 4. The standard InChI is InChI=1S/C25H23NO4/c1-28-23-8-2-17(3-9-23)13-26-14-20-10-19-11-21(18-4-6-22(27)7-5-18)15-29-24(19)12-25(20)30-16-26/h2-12,27H,13-16H2,1H3. The zero-order valence-corrected chi connectivity index (χ0v) is 16.8. The highest BCUT2D eigenvalue weighted by atomic mass is 16.5. The van der Waals surface area contributed by atoms with E-state index in [1.54, 1.807) is 19.2 Å². The maximum atomic E-state index is 9.53. The molecule has 0 fully saturated rings. The lowest BCUT2D eigenvalue weighted by Crippen LogP contribution is -2.31. The minimum Gasteiger partial charge on any atom is -0.508 e. The van der Waals surface area contributed by atoms with Crippen LogP contribution in [-0.4, -0.2) is 30.5 Å². The molecule has 2 heterocycles. The molecule has 0 atom stereocenters. The van der Waals surface area contributed by atoms with Gasteiger partial charge < -0.3 is 19.3 Å². The maximum absolute atomic E-state index is 9.53. The van der Waals surface area contributed by atoms with E-state index >= 15 is 0 Å². The van der Waals surface area contributed by atoms with Gasteiger partial charge >= 0.3 is 0 Å². The Kier molecular flexibility index (Phi) is 4.81. The van der Waals surface area contributed by atoms with E-state index in [0.29, 0.717) is 13.3 Å². The van der Waals surface area contributed by atoms with Crippen LogP contribution in [0, 0.1) is 0 Å². The molecule has 3 aromatic rings. The van der Waals surface area contributed by atoms with Gasteiger partial charge in [-0.1, -0.05) is 24.3 Å². The molecule has 0 saturated heterocycles. The first-order valence-electron chi connectivity index (χ1n) is 9.96. The zero-order chi connectivity index (χ0) is 20.5. The van der Waals surface area contributed by atoms with Crippen LogP contribution in [0.3, 0.4) is 0 Å². The van der Waals surface area contributed by atoms with Crippen LogP contribution in [0.1, 0.15) is 22.3 Å². The first-order chi connectivity index (χ1) is 14.7. The van der Waals surface area contributed by atoms with E-state index in [0.717, 1.165) is 52.6 Å². The van der Waals surface area contributed by atoms with Crippen molar-refractivity contribution in [2.24, 2.45) is 0 Å². The molecule has 0 bridgehead atoms. The second-order valence-electron chi connectivity index (χ2n) is 7.61. The summed E-state index contributed by atoms with van der Waals surface area (Å²) in [5.74, 6) is 2.86. The Morgan fingerprint density at radius 2 is 1.77 bits per heavy atom. The van der Waals surface area contributed by atoms with Crippen molar-refractivity contribution < 1.29 is 19.3 Å². The minimum atomic E-state index is 0.264. The molecule has 0 aliphatic carbocycles. The summed E-state index contributed by atoms with van der Waals surface area (Å²) in [5, 5.41) is 9.53. The first-order valence-corrected chi connectivity index (χ1v) is 9.96. The number of ether oxygens (including phenoxy) is 3. The van der Waals surface area contributed by atoms with Gasteiger partial charge in [-0.2, -0.15) is 0 Å². The number of aromatic hydroxyl groups is 1. The number of methoxy groups -OCH3 is 1. The van der Waals surface area contributed by atoms with Crippen LogP contribution in [0.15, 0.2) is 60.7 Å². The molecule has 5 nitrogen and oxygen atoms in total. The largest absolute Gasteiger partial charge is 0.508 e. The molecular formula is C25H23NO4. The van der Waals surface area contributed by atoms with Gasteiger partial charge in [0, 0.05) is 30.3 Å².